The maximum absolute atomic E-state index is 13.4. The lowest BCUT2D eigenvalue weighted by atomic mass is 10.1. The molecule has 3 aromatic carbocycles. The lowest BCUT2D eigenvalue weighted by Crippen LogP contribution is -2.32. The van der Waals surface area contributed by atoms with E-state index >= 15 is 0 Å². The van der Waals surface area contributed by atoms with Crippen molar-refractivity contribution in [2.45, 2.75) is 6.54 Å². The molecule has 34 heavy (non-hydrogen) atoms. The van der Waals surface area contributed by atoms with Crippen LogP contribution in [0.1, 0.15) is 10.4 Å². The Kier molecular flexibility index (Phi) is 6.54. The minimum atomic E-state index is -0.859. The quantitative estimate of drug-likeness (QED) is 0.454. The molecule has 0 saturated carbocycles. The molecule has 0 aliphatic carbocycles. The van der Waals surface area contributed by atoms with Gasteiger partial charge in [0, 0.05) is 22.9 Å². The van der Waals surface area contributed by atoms with Crippen LogP contribution in [-0.4, -0.2) is 21.6 Å². The number of rotatable bonds is 6. The van der Waals surface area contributed by atoms with E-state index < -0.39 is 35.6 Å². The third-order valence-corrected chi connectivity index (χ3v) is 4.77. The number of carbonyl (C=O) groups is 2. The molecule has 1 aromatic heterocycles. The number of benzene rings is 3. The third kappa shape index (κ3) is 5.39. The Bertz CT molecular complexity index is 1390. The Morgan fingerprint density at radius 1 is 0.824 bits per heavy atom. The molecule has 2 amide bonds. The Morgan fingerprint density at radius 2 is 1.44 bits per heavy atom. The Morgan fingerprint density at radius 3 is 2.09 bits per heavy atom. The summed E-state index contributed by atoms with van der Waals surface area (Å²) in [4.78, 5) is 38.1. The molecular weight excluding hydrogens is 442 g/mol. The highest BCUT2D eigenvalue weighted by atomic mass is 19.1. The first-order chi connectivity index (χ1) is 16.4. The van der Waals surface area contributed by atoms with Crippen LogP contribution in [0.4, 0.5) is 20.2 Å². The van der Waals surface area contributed by atoms with E-state index in [-0.39, 0.29) is 11.4 Å². The lowest BCUT2D eigenvalue weighted by molar-refractivity contribution is -0.117. The van der Waals surface area contributed by atoms with Crippen molar-refractivity contribution < 1.29 is 18.4 Å². The molecule has 0 fully saturated rings. The van der Waals surface area contributed by atoms with Crippen molar-refractivity contribution in [2.75, 3.05) is 10.6 Å². The molecule has 0 atom stereocenters. The minimum absolute atomic E-state index is 0.0766. The predicted molar refractivity (Wildman–Crippen MR) is 123 cm³/mol. The summed E-state index contributed by atoms with van der Waals surface area (Å²) < 4.78 is 27.7. The molecule has 0 bridgehead atoms. The van der Waals surface area contributed by atoms with Gasteiger partial charge >= 0.3 is 0 Å². The van der Waals surface area contributed by atoms with E-state index in [9.17, 15) is 23.2 Å². The second kappa shape index (κ2) is 9.86. The molecule has 0 aliphatic rings. The van der Waals surface area contributed by atoms with Gasteiger partial charge in [-0.2, -0.15) is 5.10 Å². The fourth-order valence-corrected chi connectivity index (χ4v) is 3.24. The molecule has 9 heteroatoms. The maximum atomic E-state index is 13.4. The van der Waals surface area contributed by atoms with Gasteiger partial charge in [0.15, 0.2) is 0 Å². The van der Waals surface area contributed by atoms with Gasteiger partial charge in [-0.3, -0.25) is 14.4 Å². The van der Waals surface area contributed by atoms with Crippen molar-refractivity contribution in [3.63, 3.8) is 0 Å². The second-order valence-corrected chi connectivity index (χ2v) is 7.30. The van der Waals surface area contributed by atoms with Crippen LogP contribution in [0.2, 0.25) is 0 Å². The fourth-order valence-electron chi connectivity index (χ4n) is 3.24. The zero-order chi connectivity index (χ0) is 24.1. The van der Waals surface area contributed by atoms with Gasteiger partial charge in [-0.15, -0.1) is 0 Å². The SMILES string of the molecule is O=C(Cn1nc(-c2ccccc2)cc(NC(=O)c2ccccc2)c1=O)Nc1cc(F)cc(F)c1. The standard InChI is InChI=1S/C25H18F2N4O3/c26-18-11-19(27)13-20(12-18)28-23(32)15-31-25(34)22(29-24(33)17-9-5-2-6-10-17)14-21(30-31)16-7-3-1-4-8-16/h1-14H,15H2,(H,28,32)(H,29,33). The zero-order valence-electron chi connectivity index (χ0n) is 17.7. The molecule has 0 aliphatic heterocycles. The fraction of sp³-hybridized carbons (Fsp3) is 0.0400. The van der Waals surface area contributed by atoms with Gasteiger partial charge in [0.1, 0.15) is 23.9 Å². The molecule has 1 heterocycles. The number of carbonyl (C=O) groups excluding carboxylic acids is 2. The van der Waals surface area contributed by atoms with E-state index in [4.69, 9.17) is 0 Å². The Hall–Kier alpha value is -4.66. The Balaban J connectivity index is 1.66. The maximum Gasteiger partial charge on any atom is 0.291 e. The van der Waals surface area contributed by atoms with E-state index in [0.717, 1.165) is 16.8 Å². The van der Waals surface area contributed by atoms with Crippen LogP contribution < -0.4 is 16.2 Å². The highest BCUT2D eigenvalue weighted by molar-refractivity contribution is 6.04. The van der Waals surface area contributed by atoms with E-state index in [0.29, 0.717) is 22.9 Å². The van der Waals surface area contributed by atoms with Crippen molar-refractivity contribution in [1.29, 1.82) is 0 Å². The summed E-state index contributed by atoms with van der Waals surface area (Å²) >= 11 is 0. The number of aromatic nitrogens is 2. The van der Waals surface area contributed by atoms with Crippen LogP contribution in [0.5, 0.6) is 0 Å². The summed E-state index contributed by atoms with van der Waals surface area (Å²) in [6.07, 6.45) is 0. The highest BCUT2D eigenvalue weighted by Gasteiger charge is 2.16. The minimum Gasteiger partial charge on any atom is -0.324 e. The van der Waals surface area contributed by atoms with Crippen molar-refractivity contribution in [1.82, 2.24) is 9.78 Å². The molecule has 2 N–H and O–H groups in total. The van der Waals surface area contributed by atoms with E-state index in [1.54, 1.807) is 54.6 Å². The number of halogens is 2. The first-order valence-electron chi connectivity index (χ1n) is 10.2. The number of nitrogens with zero attached hydrogens (tertiary/aromatic N) is 2. The summed E-state index contributed by atoms with van der Waals surface area (Å²) in [5.74, 6) is -2.95. The van der Waals surface area contributed by atoms with Crippen molar-refractivity contribution in [3.8, 4) is 11.3 Å². The third-order valence-electron chi connectivity index (χ3n) is 4.77. The highest BCUT2D eigenvalue weighted by Crippen LogP contribution is 2.18. The van der Waals surface area contributed by atoms with Crippen LogP contribution in [0.25, 0.3) is 11.3 Å². The van der Waals surface area contributed by atoms with Crippen molar-refractivity contribution in [2.24, 2.45) is 0 Å². The number of hydrogen-bond donors (Lipinski definition) is 2. The molecule has 0 saturated heterocycles. The van der Waals surface area contributed by atoms with Gasteiger partial charge in [0.2, 0.25) is 5.91 Å². The van der Waals surface area contributed by atoms with Crippen molar-refractivity contribution >= 4 is 23.2 Å². The molecule has 0 unspecified atom stereocenters. The van der Waals surface area contributed by atoms with Gasteiger partial charge in [-0.05, 0) is 30.3 Å². The summed E-state index contributed by atoms with van der Waals surface area (Å²) in [5, 5.41) is 9.15. The summed E-state index contributed by atoms with van der Waals surface area (Å²) in [7, 11) is 0. The van der Waals surface area contributed by atoms with Gasteiger partial charge in [-0.1, -0.05) is 48.5 Å². The Labute approximate surface area is 192 Å². The summed E-state index contributed by atoms with van der Waals surface area (Å²) in [6, 6.07) is 21.2. The number of nitrogens with one attached hydrogen (secondary N) is 2. The molecule has 0 radical (unpaired) electrons. The average molecular weight is 460 g/mol. The predicted octanol–water partition coefficient (Wildman–Crippen LogP) is 4.08. The zero-order valence-corrected chi connectivity index (χ0v) is 17.7. The largest absolute Gasteiger partial charge is 0.324 e. The molecule has 4 aromatic rings. The van der Waals surface area contributed by atoms with Crippen LogP contribution in [0.3, 0.4) is 0 Å². The van der Waals surface area contributed by atoms with E-state index in [1.165, 1.54) is 6.07 Å². The molecular formula is C25H18F2N4O3. The second-order valence-electron chi connectivity index (χ2n) is 7.30. The topological polar surface area (TPSA) is 93.1 Å². The summed E-state index contributed by atoms with van der Waals surface area (Å²) in [6.45, 7) is -0.550. The first-order valence-corrected chi connectivity index (χ1v) is 10.2. The average Bonchev–Trinajstić information content (AvgIpc) is 2.82. The van der Waals surface area contributed by atoms with Crippen molar-refractivity contribution in [3.05, 3.63) is 112 Å². The molecule has 0 spiro atoms. The van der Waals surface area contributed by atoms with Crippen LogP contribution in [0.15, 0.2) is 89.7 Å². The molecule has 4 rings (SSSR count). The van der Waals surface area contributed by atoms with Gasteiger partial charge in [0.05, 0.1) is 5.69 Å². The van der Waals surface area contributed by atoms with Gasteiger partial charge < -0.3 is 10.6 Å². The molecule has 7 nitrogen and oxygen atoms in total. The van der Waals surface area contributed by atoms with E-state index in [1.807, 2.05) is 6.07 Å². The monoisotopic (exact) mass is 460 g/mol. The van der Waals surface area contributed by atoms with Crippen LogP contribution in [0, 0.1) is 11.6 Å². The van der Waals surface area contributed by atoms with E-state index in [2.05, 4.69) is 15.7 Å². The number of amides is 2. The lowest BCUT2D eigenvalue weighted by Gasteiger charge is -2.12. The first kappa shape index (κ1) is 22.5. The number of hydrogen-bond acceptors (Lipinski definition) is 4. The van der Waals surface area contributed by atoms with Gasteiger partial charge in [-0.25, -0.2) is 13.5 Å². The summed E-state index contributed by atoms with van der Waals surface area (Å²) in [5.41, 5.74) is 0.439. The van der Waals surface area contributed by atoms with Crippen LogP contribution in [-0.2, 0) is 11.3 Å². The number of anilines is 2. The normalized spacial score (nSPS) is 10.5. The molecule has 170 valence electrons. The smallest absolute Gasteiger partial charge is 0.291 e. The van der Waals surface area contributed by atoms with Crippen LogP contribution >= 0.6 is 0 Å². The van der Waals surface area contributed by atoms with Gasteiger partial charge in [0.25, 0.3) is 11.5 Å².